The molecule has 12 heteroatoms. The van der Waals surface area contributed by atoms with Gasteiger partial charge >= 0.3 is 0 Å². The zero-order valence-corrected chi connectivity index (χ0v) is 27.2. The Balaban J connectivity index is 2.17. The summed E-state index contributed by atoms with van der Waals surface area (Å²) in [4.78, 5) is 28.7. The first-order valence-electron chi connectivity index (χ1n) is 13.9. The van der Waals surface area contributed by atoms with Crippen LogP contribution in [0.4, 0.5) is 5.69 Å². The third-order valence-corrected chi connectivity index (χ3v) is 8.49. The first kappa shape index (κ1) is 34.0. The van der Waals surface area contributed by atoms with Crippen molar-refractivity contribution < 1.29 is 37.0 Å². The number of nitrogens with zero attached hydrogens (tertiary/aromatic N) is 2. The number of carbonyl (C=O) groups excluding carboxylic acids is 2. The fourth-order valence-electron chi connectivity index (χ4n) is 4.45. The van der Waals surface area contributed by atoms with E-state index >= 15 is 0 Å². The number of methoxy groups -OCH3 is 4. The summed E-state index contributed by atoms with van der Waals surface area (Å²) in [7, 11) is 1.25. The molecule has 238 valence electrons. The molecule has 0 aliphatic carbocycles. The highest BCUT2D eigenvalue weighted by Crippen LogP contribution is 2.37. The van der Waals surface area contributed by atoms with Crippen LogP contribution in [0.15, 0.2) is 71.6 Å². The molecule has 0 aliphatic rings. The van der Waals surface area contributed by atoms with Crippen LogP contribution in [0.3, 0.4) is 0 Å². The highest BCUT2D eigenvalue weighted by Gasteiger charge is 2.35. The molecular formula is C32H41N3O8S. The van der Waals surface area contributed by atoms with Crippen molar-refractivity contribution >= 4 is 27.5 Å². The van der Waals surface area contributed by atoms with Crippen LogP contribution in [0, 0.1) is 0 Å². The van der Waals surface area contributed by atoms with Gasteiger partial charge in [-0.05, 0) is 57.5 Å². The van der Waals surface area contributed by atoms with Crippen molar-refractivity contribution in [3.8, 4) is 23.0 Å². The van der Waals surface area contributed by atoms with Gasteiger partial charge in [-0.25, -0.2) is 8.42 Å². The normalized spacial score (nSPS) is 12.1. The summed E-state index contributed by atoms with van der Waals surface area (Å²) in [6.45, 7) is 6.55. The van der Waals surface area contributed by atoms with Crippen molar-refractivity contribution in [2.75, 3.05) is 39.3 Å². The van der Waals surface area contributed by atoms with Crippen LogP contribution in [-0.2, 0) is 26.2 Å². The smallest absolute Gasteiger partial charge is 0.265 e. The van der Waals surface area contributed by atoms with Crippen LogP contribution in [0.25, 0.3) is 0 Å². The molecule has 0 heterocycles. The molecule has 1 unspecified atom stereocenters. The quantitative estimate of drug-likeness (QED) is 0.299. The molecule has 0 bridgehead atoms. The Bertz CT molecular complexity index is 1560. The highest BCUT2D eigenvalue weighted by atomic mass is 32.2. The molecule has 11 nitrogen and oxygen atoms in total. The average Bonchev–Trinajstić information content (AvgIpc) is 3.00. The lowest BCUT2D eigenvalue weighted by molar-refractivity contribution is -0.140. The minimum Gasteiger partial charge on any atom is -0.497 e. The van der Waals surface area contributed by atoms with Gasteiger partial charge < -0.3 is 29.2 Å². The predicted octanol–water partition coefficient (Wildman–Crippen LogP) is 4.25. The van der Waals surface area contributed by atoms with E-state index in [2.05, 4.69) is 5.32 Å². The van der Waals surface area contributed by atoms with Gasteiger partial charge in [-0.3, -0.25) is 13.9 Å². The van der Waals surface area contributed by atoms with E-state index in [0.29, 0.717) is 11.5 Å². The van der Waals surface area contributed by atoms with Gasteiger partial charge in [0.2, 0.25) is 11.8 Å². The number of hydrogen-bond donors (Lipinski definition) is 1. The van der Waals surface area contributed by atoms with E-state index in [4.69, 9.17) is 18.9 Å². The number of carbonyl (C=O) groups is 2. The number of nitrogens with one attached hydrogen (secondary N) is 1. The lowest BCUT2D eigenvalue weighted by atomic mass is 10.1. The van der Waals surface area contributed by atoms with E-state index in [-0.39, 0.29) is 34.5 Å². The molecule has 3 aromatic carbocycles. The maximum Gasteiger partial charge on any atom is 0.265 e. The minimum atomic E-state index is -4.43. The van der Waals surface area contributed by atoms with Crippen molar-refractivity contribution in [1.29, 1.82) is 0 Å². The van der Waals surface area contributed by atoms with E-state index in [1.54, 1.807) is 19.1 Å². The van der Waals surface area contributed by atoms with Crippen LogP contribution in [0.2, 0.25) is 0 Å². The largest absolute Gasteiger partial charge is 0.497 e. The summed E-state index contributed by atoms with van der Waals surface area (Å²) >= 11 is 0. The Morgan fingerprint density at radius 2 is 1.43 bits per heavy atom. The number of anilines is 1. The zero-order valence-electron chi connectivity index (χ0n) is 26.4. The minimum absolute atomic E-state index is 0.0674. The fraction of sp³-hybridized carbons (Fsp3) is 0.375. The summed E-state index contributed by atoms with van der Waals surface area (Å²) < 4.78 is 51.2. The first-order valence-corrected chi connectivity index (χ1v) is 15.3. The van der Waals surface area contributed by atoms with Gasteiger partial charge in [0.1, 0.15) is 24.1 Å². The molecule has 3 aromatic rings. The number of rotatable bonds is 13. The number of benzene rings is 3. The lowest BCUT2D eigenvalue weighted by Gasteiger charge is -2.33. The second kappa shape index (κ2) is 14.3. The maximum absolute atomic E-state index is 14.4. The van der Waals surface area contributed by atoms with Crippen molar-refractivity contribution in [2.45, 2.75) is 50.7 Å². The van der Waals surface area contributed by atoms with Crippen LogP contribution >= 0.6 is 0 Å². The molecule has 1 N–H and O–H groups in total. The molecule has 0 spiro atoms. The molecular weight excluding hydrogens is 586 g/mol. The Morgan fingerprint density at radius 3 is 2.00 bits per heavy atom. The average molecular weight is 628 g/mol. The van der Waals surface area contributed by atoms with E-state index in [1.165, 1.54) is 57.6 Å². The van der Waals surface area contributed by atoms with Gasteiger partial charge in [-0.2, -0.15) is 0 Å². The van der Waals surface area contributed by atoms with Crippen LogP contribution in [0.5, 0.6) is 23.0 Å². The van der Waals surface area contributed by atoms with Gasteiger partial charge in [-0.1, -0.05) is 30.3 Å². The second-order valence-corrected chi connectivity index (χ2v) is 12.9. The SMILES string of the molecule is COc1ccc(OC)c(N(CC(=O)N(Cc2ccccc2)C(C)C(=O)NC(C)(C)C)S(=O)(=O)c2ccc(OC)c(OC)c2)c1. The predicted molar refractivity (Wildman–Crippen MR) is 168 cm³/mol. The van der Waals surface area contributed by atoms with Gasteiger partial charge in [-0.15, -0.1) is 0 Å². The topological polar surface area (TPSA) is 124 Å². The molecule has 0 aromatic heterocycles. The summed E-state index contributed by atoms with van der Waals surface area (Å²) in [5.74, 6) is 0.0707. The van der Waals surface area contributed by atoms with E-state index < -0.39 is 34.1 Å². The van der Waals surface area contributed by atoms with E-state index in [1.807, 2.05) is 51.1 Å². The molecule has 0 fully saturated rings. The molecule has 44 heavy (non-hydrogen) atoms. The maximum atomic E-state index is 14.4. The molecule has 3 rings (SSSR count). The molecule has 0 saturated heterocycles. The first-order chi connectivity index (χ1) is 20.7. The molecule has 0 aliphatic heterocycles. The zero-order chi connectivity index (χ0) is 32.7. The third-order valence-electron chi connectivity index (χ3n) is 6.74. The monoisotopic (exact) mass is 627 g/mol. The number of sulfonamides is 1. The summed E-state index contributed by atoms with van der Waals surface area (Å²) in [5.41, 5.74) is 0.287. The Labute approximate surface area is 259 Å². The summed E-state index contributed by atoms with van der Waals surface area (Å²) in [6, 6.07) is 17.0. The Kier molecular flexibility index (Phi) is 11.1. The molecule has 0 radical (unpaired) electrons. The van der Waals surface area contributed by atoms with Crippen LogP contribution in [0.1, 0.15) is 33.3 Å². The van der Waals surface area contributed by atoms with Gasteiger partial charge in [0, 0.05) is 24.2 Å². The van der Waals surface area contributed by atoms with Gasteiger partial charge in [0.15, 0.2) is 11.5 Å². The van der Waals surface area contributed by atoms with Gasteiger partial charge in [0.25, 0.3) is 10.0 Å². The standard InChI is InChI=1S/C32H41N3O8S/c1-22(31(37)33-32(2,3)4)34(20-23-12-10-9-11-13-23)30(36)21-35(26-18-24(40-5)14-16-27(26)41-6)44(38,39)25-15-17-28(42-7)29(19-25)43-8/h9-19,22H,20-21H2,1-8H3,(H,33,37). The van der Waals surface area contributed by atoms with Gasteiger partial charge in [0.05, 0.1) is 39.0 Å². The van der Waals surface area contributed by atoms with E-state index in [9.17, 15) is 18.0 Å². The van der Waals surface area contributed by atoms with Crippen molar-refractivity contribution in [1.82, 2.24) is 10.2 Å². The number of amides is 2. The van der Waals surface area contributed by atoms with Crippen molar-refractivity contribution in [3.63, 3.8) is 0 Å². The molecule has 2 amide bonds. The number of hydrogen-bond acceptors (Lipinski definition) is 8. The molecule has 0 saturated carbocycles. The Hall–Kier alpha value is -4.45. The third kappa shape index (κ3) is 8.13. The second-order valence-electron chi connectivity index (χ2n) is 11.0. The van der Waals surface area contributed by atoms with Crippen LogP contribution < -0.4 is 28.6 Å². The van der Waals surface area contributed by atoms with E-state index in [0.717, 1.165) is 9.87 Å². The van der Waals surface area contributed by atoms with Crippen molar-refractivity contribution in [2.24, 2.45) is 0 Å². The highest BCUT2D eigenvalue weighted by molar-refractivity contribution is 7.92. The number of ether oxygens (including phenoxy) is 4. The lowest BCUT2D eigenvalue weighted by Crippen LogP contribution is -2.54. The van der Waals surface area contributed by atoms with Crippen molar-refractivity contribution in [3.05, 3.63) is 72.3 Å². The fourth-order valence-corrected chi connectivity index (χ4v) is 5.88. The van der Waals surface area contributed by atoms with Crippen LogP contribution in [-0.4, -0.2) is 71.7 Å². The summed E-state index contributed by atoms with van der Waals surface area (Å²) in [6.07, 6.45) is 0. The summed E-state index contributed by atoms with van der Waals surface area (Å²) in [5, 5.41) is 2.91. The molecule has 1 atom stereocenters. The Morgan fingerprint density at radius 1 is 0.818 bits per heavy atom.